The molecule has 1 heterocycles. The van der Waals surface area contributed by atoms with Crippen LogP contribution in [0.15, 0.2) is 24.3 Å². The zero-order chi connectivity index (χ0) is 14.5. The molecular formula is C16H23ClN2O. The van der Waals surface area contributed by atoms with Gasteiger partial charge in [-0.15, -0.1) is 0 Å². The monoisotopic (exact) mass is 294 g/mol. The van der Waals surface area contributed by atoms with Crippen molar-refractivity contribution < 1.29 is 4.79 Å². The SMILES string of the molecule is CC(C)CN(CC1CCCN1)C(=O)c1ccc(Cl)cc1. The van der Waals surface area contributed by atoms with Crippen molar-refractivity contribution in [1.29, 1.82) is 0 Å². The summed E-state index contributed by atoms with van der Waals surface area (Å²) in [6.45, 7) is 6.93. The minimum Gasteiger partial charge on any atom is -0.337 e. The second-order valence-corrected chi connectivity index (χ2v) is 6.34. The van der Waals surface area contributed by atoms with E-state index in [1.807, 2.05) is 4.90 Å². The lowest BCUT2D eigenvalue weighted by molar-refractivity contribution is 0.0721. The van der Waals surface area contributed by atoms with E-state index in [0.717, 1.165) is 26.1 Å². The molecular weight excluding hydrogens is 272 g/mol. The lowest BCUT2D eigenvalue weighted by Gasteiger charge is -2.27. The molecule has 0 saturated carbocycles. The zero-order valence-corrected chi connectivity index (χ0v) is 13.0. The highest BCUT2D eigenvalue weighted by atomic mass is 35.5. The van der Waals surface area contributed by atoms with Crippen LogP contribution in [0, 0.1) is 5.92 Å². The van der Waals surface area contributed by atoms with Gasteiger partial charge in [0.15, 0.2) is 0 Å². The first-order valence-electron chi connectivity index (χ1n) is 7.34. The van der Waals surface area contributed by atoms with Gasteiger partial charge >= 0.3 is 0 Å². The number of carbonyl (C=O) groups excluding carboxylic acids is 1. The van der Waals surface area contributed by atoms with Gasteiger partial charge < -0.3 is 10.2 Å². The van der Waals surface area contributed by atoms with E-state index in [4.69, 9.17) is 11.6 Å². The Labute approximate surface area is 126 Å². The van der Waals surface area contributed by atoms with E-state index in [-0.39, 0.29) is 5.91 Å². The second-order valence-electron chi connectivity index (χ2n) is 5.90. The van der Waals surface area contributed by atoms with E-state index in [0.29, 0.717) is 22.5 Å². The number of nitrogens with zero attached hydrogens (tertiary/aromatic N) is 1. The molecule has 1 aromatic rings. The number of hydrogen-bond acceptors (Lipinski definition) is 2. The van der Waals surface area contributed by atoms with Crippen LogP contribution in [0.25, 0.3) is 0 Å². The molecule has 0 radical (unpaired) electrons. The van der Waals surface area contributed by atoms with E-state index < -0.39 is 0 Å². The Balaban J connectivity index is 2.07. The molecule has 0 spiro atoms. The van der Waals surface area contributed by atoms with Crippen LogP contribution in [-0.2, 0) is 0 Å². The normalized spacial score (nSPS) is 18.5. The first kappa shape index (κ1) is 15.3. The predicted octanol–water partition coefficient (Wildman–Crippen LogP) is 3.19. The standard InChI is InChI=1S/C16H23ClN2O/c1-12(2)10-19(11-15-4-3-9-18-15)16(20)13-5-7-14(17)8-6-13/h5-8,12,15,18H,3-4,9-11H2,1-2H3. The van der Waals surface area contributed by atoms with Gasteiger partial charge in [0.05, 0.1) is 0 Å². The molecule has 1 aliphatic rings. The van der Waals surface area contributed by atoms with Gasteiger partial charge in [-0.2, -0.15) is 0 Å². The van der Waals surface area contributed by atoms with Gasteiger partial charge in [0, 0.05) is 29.7 Å². The van der Waals surface area contributed by atoms with Crippen molar-refractivity contribution in [2.24, 2.45) is 5.92 Å². The van der Waals surface area contributed by atoms with Crippen molar-refractivity contribution in [1.82, 2.24) is 10.2 Å². The number of rotatable bonds is 5. The van der Waals surface area contributed by atoms with Gasteiger partial charge in [-0.3, -0.25) is 4.79 Å². The maximum Gasteiger partial charge on any atom is 0.253 e. The van der Waals surface area contributed by atoms with Crippen molar-refractivity contribution in [2.75, 3.05) is 19.6 Å². The van der Waals surface area contributed by atoms with Crippen LogP contribution >= 0.6 is 11.6 Å². The third-order valence-corrected chi connectivity index (χ3v) is 3.82. The summed E-state index contributed by atoms with van der Waals surface area (Å²) < 4.78 is 0. The van der Waals surface area contributed by atoms with Crippen molar-refractivity contribution >= 4 is 17.5 Å². The Morgan fingerprint density at radius 1 is 1.40 bits per heavy atom. The smallest absolute Gasteiger partial charge is 0.253 e. The van der Waals surface area contributed by atoms with Crippen molar-refractivity contribution in [3.8, 4) is 0 Å². The van der Waals surface area contributed by atoms with Crippen LogP contribution in [0.4, 0.5) is 0 Å². The molecule has 1 aliphatic heterocycles. The molecule has 110 valence electrons. The number of halogens is 1. The van der Waals surface area contributed by atoms with Crippen LogP contribution in [0.1, 0.15) is 37.0 Å². The van der Waals surface area contributed by atoms with Crippen LogP contribution in [-0.4, -0.2) is 36.5 Å². The lowest BCUT2D eigenvalue weighted by atomic mass is 10.1. The molecule has 1 N–H and O–H groups in total. The average molecular weight is 295 g/mol. The summed E-state index contributed by atoms with van der Waals surface area (Å²) in [6, 6.07) is 7.59. The topological polar surface area (TPSA) is 32.3 Å². The summed E-state index contributed by atoms with van der Waals surface area (Å²) in [4.78, 5) is 14.6. The molecule has 1 aromatic carbocycles. The fraction of sp³-hybridized carbons (Fsp3) is 0.562. The van der Waals surface area contributed by atoms with Crippen LogP contribution < -0.4 is 5.32 Å². The van der Waals surface area contributed by atoms with Crippen LogP contribution in [0.2, 0.25) is 5.02 Å². The summed E-state index contributed by atoms with van der Waals surface area (Å²) in [5, 5.41) is 4.12. The summed E-state index contributed by atoms with van der Waals surface area (Å²) in [5.41, 5.74) is 0.716. The largest absolute Gasteiger partial charge is 0.337 e. The van der Waals surface area contributed by atoms with E-state index in [2.05, 4.69) is 19.2 Å². The molecule has 3 nitrogen and oxygen atoms in total. The highest BCUT2D eigenvalue weighted by Gasteiger charge is 2.22. The first-order chi connectivity index (χ1) is 9.56. The second kappa shape index (κ2) is 7.09. The Morgan fingerprint density at radius 2 is 2.10 bits per heavy atom. The highest BCUT2D eigenvalue weighted by Crippen LogP contribution is 2.15. The van der Waals surface area contributed by atoms with E-state index >= 15 is 0 Å². The van der Waals surface area contributed by atoms with Crippen molar-refractivity contribution in [2.45, 2.75) is 32.7 Å². The molecule has 0 bridgehead atoms. The van der Waals surface area contributed by atoms with Gasteiger partial charge in [-0.25, -0.2) is 0 Å². The first-order valence-corrected chi connectivity index (χ1v) is 7.72. The molecule has 4 heteroatoms. The number of hydrogen-bond donors (Lipinski definition) is 1. The third-order valence-electron chi connectivity index (χ3n) is 3.57. The van der Waals surface area contributed by atoms with E-state index in [1.54, 1.807) is 24.3 Å². The van der Waals surface area contributed by atoms with E-state index in [1.165, 1.54) is 6.42 Å². The number of benzene rings is 1. The Bertz CT molecular complexity index is 438. The molecule has 1 unspecified atom stereocenters. The van der Waals surface area contributed by atoms with Gasteiger partial charge in [-0.1, -0.05) is 25.4 Å². The van der Waals surface area contributed by atoms with Crippen LogP contribution in [0.3, 0.4) is 0 Å². The number of carbonyl (C=O) groups is 1. The van der Waals surface area contributed by atoms with Gasteiger partial charge in [0.25, 0.3) is 5.91 Å². The lowest BCUT2D eigenvalue weighted by Crippen LogP contribution is -2.42. The number of nitrogens with one attached hydrogen (secondary N) is 1. The average Bonchev–Trinajstić information content (AvgIpc) is 2.90. The maximum atomic E-state index is 12.6. The summed E-state index contributed by atoms with van der Waals surface area (Å²) in [7, 11) is 0. The molecule has 1 fully saturated rings. The minimum atomic E-state index is 0.101. The molecule has 2 rings (SSSR count). The Hall–Kier alpha value is -1.06. The Kier molecular flexibility index (Phi) is 5.44. The summed E-state index contributed by atoms with van der Waals surface area (Å²) in [6.07, 6.45) is 2.36. The third kappa shape index (κ3) is 4.22. The molecule has 20 heavy (non-hydrogen) atoms. The summed E-state index contributed by atoms with van der Waals surface area (Å²) >= 11 is 5.88. The fourth-order valence-electron chi connectivity index (χ4n) is 2.63. The number of amides is 1. The molecule has 0 aromatic heterocycles. The molecule has 1 atom stereocenters. The Morgan fingerprint density at radius 3 is 2.65 bits per heavy atom. The van der Waals surface area contributed by atoms with Gasteiger partial charge in [0.2, 0.25) is 0 Å². The zero-order valence-electron chi connectivity index (χ0n) is 12.2. The molecule has 0 aliphatic carbocycles. The maximum absolute atomic E-state index is 12.6. The van der Waals surface area contributed by atoms with Gasteiger partial charge in [-0.05, 0) is 49.6 Å². The van der Waals surface area contributed by atoms with Crippen LogP contribution in [0.5, 0.6) is 0 Å². The highest BCUT2D eigenvalue weighted by molar-refractivity contribution is 6.30. The molecule has 1 saturated heterocycles. The van der Waals surface area contributed by atoms with Gasteiger partial charge in [0.1, 0.15) is 0 Å². The van der Waals surface area contributed by atoms with Crippen molar-refractivity contribution in [3.63, 3.8) is 0 Å². The minimum absolute atomic E-state index is 0.101. The predicted molar refractivity (Wildman–Crippen MR) is 83.2 cm³/mol. The van der Waals surface area contributed by atoms with Crippen molar-refractivity contribution in [3.05, 3.63) is 34.9 Å². The van der Waals surface area contributed by atoms with E-state index in [9.17, 15) is 4.79 Å². The fourth-order valence-corrected chi connectivity index (χ4v) is 2.76. The quantitative estimate of drug-likeness (QED) is 0.904. The molecule has 1 amide bonds. The summed E-state index contributed by atoms with van der Waals surface area (Å²) in [5.74, 6) is 0.566.